The van der Waals surface area contributed by atoms with Gasteiger partial charge in [0.05, 0.1) is 0 Å². The van der Waals surface area contributed by atoms with Gasteiger partial charge in [-0.25, -0.2) is 4.79 Å². The first kappa shape index (κ1) is 23.9. The van der Waals surface area contributed by atoms with Crippen LogP contribution in [0.25, 0.3) is 17.2 Å². The van der Waals surface area contributed by atoms with Crippen molar-refractivity contribution in [1.82, 2.24) is 0 Å². The molecule has 1 atom stereocenters. The highest BCUT2D eigenvalue weighted by atomic mass is 16.4. The van der Waals surface area contributed by atoms with Crippen LogP contribution in [-0.2, 0) is 16.6 Å². The summed E-state index contributed by atoms with van der Waals surface area (Å²) >= 11 is 0. The maximum atomic E-state index is 11.4. The van der Waals surface area contributed by atoms with Gasteiger partial charge in [-0.15, -0.1) is 0 Å². The van der Waals surface area contributed by atoms with E-state index in [1.165, 1.54) is 50.8 Å². The molecule has 0 fully saturated rings. The van der Waals surface area contributed by atoms with E-state index in [2.05, 4.69) is 81.1 Å². The van der Waals surface area contributed by atoms with E-state index >= 15 is 0 Å². The van der Waals surface area contributed by atoms with E-state index in [0.717, 1.165) is 31.4 Å². The summed E-state index contributed by atoms with van der Waals surface area (Å²) in [7, 11) is 0. The van der Waals surface area contributed by atoms with Gasteiger partial charge < -0.3 is 10.0 Å². The maximum Gasteiger partial charge on any atom is 0.346 e. The predicted octanol–water partition coefficient (Wildman–Crippen LogP) is 7.58. The van der Waals surface area contributed by atoms with Crippen molar-refractivity contribution in [1.29, 1.82) is 5.26 Å². The number of aliphatic carboxylic acids is 1. The van der Waals surface area contributed by atoms with E-state index in [-0.39, 0.29) is 11.0 Å². The molecule has 3 aromatic rings. The fraction of sp³-hybridized carbons (Fsp3) is 0.312. The molecule has 0 radical (unpaired) electrons. The van der Waals surface area contributed by atoms with E-state index < -0.39 is 5.97 Å². The van der Waals surface area contributed by atoms with Crippen molar-refractivity contribution >= 4 is 23.4 Å². The lowest BCUT2D eigenvalue weighted by atomic mass is 9.77. The number of carbonyl (C=O) groups is 1. The summed E-state index contributed by atoms with van der Waals surface area (Å²) < 4.78 is 0. The van der Waals surface area contributed by atoms with Crippen molar-refractivity contribution in [3.63, 3.8) is 0 Å². The minimum absolute atomic E-state index is 0.223. The smallest absolute Gasteiger partial charge is 0.346 e. The van der Waals surface area contributed by atoms with E-state index in [0.29, 0.717) is 5.92 Å². The molecule has 2 aliphatic rings. The summed E-state index contributed by atoms with van der Waals surface area (Å²) in [6.45, 7) is 10.0. The number of nitriles is 1. The Bertz CT molecular complexity index is 1420. The number of hydrogen-bond donors (Lipinski definition) is 1. The third-order valence-corrected chi connectivity index (χ3v) is 8.07. The van der Waals surface area contributed by atoms with Gasteiger partial charge in [0, 0.05) is 23.3 Å². The number of carboxylic acid groups (broad SMARTS) is 1. The molecule has 0 saturated carbocycles. The molecule has 4 heteroatoms. The highest BCUT2D eigenvalue weighted by molar-refractivity contribution is 5.97. The van der Waals surface area contributed by atoms with Crippen LogP contribution in [0, 0.1) is 11.3 Å². The Morgan fingerprint density at radius 2 is 1.86 bits per heavy atom. The van der Waals surface area contributed by atoms with Crippen LogP contribution in [0.4, 0.5) is 11.4 Å². The number of anilines is 2. The van der Waals surface area contributed by atoms with Gasteiger partial charge >= 0.3 is 5.97 Å². The van der Waals surface area contributed by atoms with E-state index in [4.69, 9.17) is 0 Å². The molecule has 3 aromatic carbocycles. The number of nitrogens with zero attached hydrogens (tertiary/aromatic N) is 2. The highest BCUT2D eigenvalue weighted by Gasteiger charge is 2.39. The molecule has 4 nitrogen and oxygen atoms in total. The van der Waals surface area contributed by atoms with Crippen molar-refractivity contribution in [2.45, 2.75) is 58.3 Å². The normalized spacial score (nSPS) is 16.5. The fourth-order valence-electron chi connectivity index (χ4n) is 5.95. The van der Waals surface area contributed by atoms with Gasteiger partial charge in [0.2, 0.25) is 0 Å². The Kier molecular flexibility index (Phi) is 5.96. The fourth-order valence-corrected chi connectivity index (χ4v) is 5.95. The largest absolute Gasteiger partial charge is 0.477 e. The number of fused-ring (bicyclic) bond motifs is 5. The van der Waals surface area contributed by atoms with Crippen LogP contribution in [-0.4, -0.2) is 17.6 Å². The van der Waals surface area contributed by atoms with Crippen molar-refractivity contribution in [3.8, 4) is 17.2 Å². The first-order valence-electron chi connectivity index (χ1n) is 12.8. The number of rotatable bonds is 5. The lowest BCUT2D eigenvalue weighted by Crippen LogP contribution is -2.27. The van der Waals surface area contributed by atoms with Gasteiger partial charge in [0.25, 0.3) is 0 Å². The van der Waals surface area contributed by atoms with Crippen LogP contribution >= 0.6 is 0 Å². The zero-order chi connectivity index (χ0) is 25.6. The zero-order valence-electron chi connectivity index (χ0n) is 21.4. The molecule has 0 bridgehead atoms. The average Bonchev–Trinajstić information content (AvgIpc) is 3.12. The van der Waals surface area contributed by atoms with Crippen LogP contribution in [0.15, 0.2) is 60.2 Å². The quantitative estimate of drug-likeness (QED) is 0.304. The Morgan fingerprint density at radius 1 is 1.14 bits per heavy atom. The summed E-state index contributed by atoms with van der Waals surface area (Å²) in [5, 5.41) is 18.5. The van der Waals surface area contributed by atoms with Gasteiger partial charge in [-0.1, -0.05) is 64.1 Å². The van der Waals surface area contributed by atoms with Crippen molar-refractivity contribution < 1.29 is 9.90 Å². The van der Waals surface area contributed by atoms with Crippen molar-refractivity contribution in [2.75, 3.05) is 11.4 Å². The summed E-state index contributed by atoms with van der Waals surface area (Å²) in [6, 6.07) is 21.4. The van der Waals surface area contributed by atoms with Crippen molar-refractivity contribution in [2.24, 2.45) is 0 Å². The minimum atomic E-state index is -1.20. The first-order chi connectivity index (χ1) is 17.3. The molecule has 36 heavy (non-hydrogen) atoms. The topological polar surface area (TPSA) is 64.3 Å². The summed E-state index contributed by atoms with van der Waals surface area (Å²) in [5.41, 5.74) is 10.6. The molecule has 5 rings (SSSR count). The van der Waals surface area contributed by atoms with E-state index in [9.17, 15) is 15.2 Å². The summed E-state index contributed by atoms with van der Waals surface area (Å²) in [5.74, 6) is -0.637. The van der Waals surface area contributed by atoms with Crippen LogP contribution < -0.4 is 4.90 Å². The molecule has 1 unspecified atom stereocenters. The average molecular weight is 477 g/mol. The molecular weight excluding hydrogens is 444 g/mol. The van der Waals surface area contributed by atoms with Gasteiger partial charge in [-0.05, 0) is 88.4 Å². The summed E-state index contributed by atoms with van der Waals surface area (Å²) in [4.78, 5) is 13.8. The Balaban J connectivity index is 1.57. The number of benzene rings is 3. The Hall–Kier alpha value is -3.84. The summed E-state index contributed by atoms with van der Waals surface area (Å²) in [6.07, 6.45) is 4.74. The van der Waals surface area contributed by atoms with Gasteiger partial charge in [-0.2, -0.15) is 5.26 Å². The molecular formula is C32H32N2O2. The molecule has 182 valence electrons. The van der Waals surface area contributed by atoms with Crippen LogP contribution in [0.1, 0.15) is 74.3 Å². The molecule has 1 aliphatic carbocycles. The Labute approximate surface area is 213 Å². The van der Waals surface area contributed by atoms with Gasteiger partial charge in [-0.3, -0.25) is 0 Å². The van der Waals surface area contributed by atoms with Crippen molar-refractivity contribution in [3.05, 3.63) is 88.0 Å². The molecule has 1 heterocycles. The van der Waals surface area contributed by atoms with Crippen LogP contribution in [0.2, 0.25) is 0 Å². The maximum absolute atomic E-state index is 11.4. The lowest BCUT2D eigenvalue weighted by molar-refractivity contribution is -0.132. The monoisotopic (exact) mass is 476 g/mol. The van der Waals surface area contributed by atoms with E-state index in [1.807, 2.05) is 6.07 Å². The molecule has 0 spiro atoms. The molecule has 1 aliphatic heterocycles. The van der Waals surface area contributed by atoms with E-state index in [1.54, 1.807) is 6.07 Å². The van der Waals surface area contributed by atoms with Gasteiger partial charge in [0.15, 0.2) is 0 Å². The second kappa shape index (κ2) is 8.99. The SMILES string of the molecule is CCC(C)c1ccc(N2CCCc3c2ccc2c3C(C)(C)c3cc(/C=C(\C#N)C(=O)O)ccc3-2)cc1. The second-order valence-corrected chi connectivity index (χ2v) is 10.5. The van der Waals surface area contributed by atoms with Crippen LogP contribution in [0.3, 0.4) is 0 Å². The third-order valence-electron chi connectivity index (χ3n) is 8.07. The van der Waals surface area contributed by atoms with Crippen LogP contribution in [0.5, 0.6) is 0 Å². The molecule has 1 N–H and O–H groups in total. The molecule has 0 saturated heterocycles. The second-order valence-electron chi connectivity index (χ2n) is 10.5. The standard InChI is InChI=1S/C32H32N2O2/c1-5-20(2)22-9-11-24(12-10-22)34-16-6-7-27-29(34)15-14-26-25-13-8-21(17-23(19-33)31(35)36)18-28(25)32(3,4)30(26)27/h8-15,17-18,20H,5-7,16H2,1-4H3,(H,35,36)/b23-17+. The predicted molar refractivity (Wildman–Crippen MR) is 146 cm³/mol. The third kappa shape index (κ3) is 3.80. The molecule has 0 aromatic heterocycles. The molecule has 0 amide bonds. The Morgan fingerprint density at radius 3 is 2.53 bits per heavy atom. The minimum Gasteiger partial charge on any atom is -0.477 e. The van der Waals surface area contributed by atoms with Gasteiger partial charge in [0.1, 0.15) is 11.6 Å². The first-order valence-corrected chi connectivity index (χ1v) is 12.8. The lowest BCUT2D eigenvalue weighted by Gasteiger charge is -2.35. The number of hydrogen-bond acceptors (Lipinski definition) is 3. The zero-order valence-corrected chi connectivity index (χ0v) is 21.4. The number of carboxylic acids is 1. The highest BCUT2D eigenvalue weighted by Crippen LogP contribution is 2.53.